The Bertz CT molecular complexity index is 1210. The molecule has 7 heteroatoms. The van der Waals surface area contributed by atoms with E-state index >= 15 is 0 Å². The Hall–Kier alpha value is -3.34. The molecular weight excluding hydrogens is 396 g/mol. The Morgan fingerprint density at radius 2 is 1.87 bits per heavy atom. The molecule has 0 amide bonds. The van der Waals surface area contributed by atoms with Gasteiger partial charge in [0.2, 0.25) is 0 Å². The van der Waals surface area contributed by atoms with Crippen LogP contribution in [0.15, 0.2) is 45.6 Å². The topological polar surface area (TPSA) is 95.9 Å². The molecule has 0 unspecified atom stereocenters. The molecule has 0 aliphatic carbocycles. The van der Waals surface area contributed by atoms with Crippen LogP contribution in [0.25, 0.3) is 22.3 Å². The van der Waals surface area contributed by atoms with Gasteiger partial charge in [-0.2, -0.15) is 5.26 Å². The van der Waals surface area contributed by atoms with Crippen molar-refractivity contribution in [3.05, 3.63) is 57.7 Å². The molecule has 0 bridgehead atoms. The summed E-state index contributed by atoms with van der Waals surface area (Å²) in [7, 11) is 5.01. The van der Waals surface area contributed by atoms with Crippen molar-refractivity contribution in [2.24, 2.45) is 0 Å². The Kier molecular flexibility index (Phi) is 5.68. The summed E-state index contributed by atoms with van der Waals surface area (Å²) in [5, 5.41) is 20.2. The van der Waals surface area contributed by atoms with Crippen LogP contribution in [-0.2, 0) is 0 Å². The van der Waals surface area contributed by atoms with E-state index < -0.39 is 6.10 Å². The molecule has 1 fully saturated rings. The number of likely N-dealkylation sites (N-methyl/N-ethyl adjacent to an activating group) is 1. The quantitative estimate of drug-likeness (QED) is 0.693. The van der Waals surface area contributed by atoms with Gasteiger partial charge in [0.25, 0.3) is 0 Å². The summed E-state index contributed by atoms with van der Waals surface area (Å²) in [5.74, 6) is 0.996. The molecule has 1 saturated heterocycles. The van der Waals surface area contributed by atoms with Crippen LogP contribution in [0.3, 0.4) is 0 Å². The first-order valence-electron chi connectivity index (χ1n) is 10.1. The normalized spacial score (nSPS) is 19.2. The molecule has 160 valence electrons. The van der Waals surface area contributed by atoms with Crippen LogP contribution in [0, 0.1) is 11.3 Å². The summed E-state index contributed by atoms with van der Waals surface area (Å²) in [6.45, 7) is 1.32. The van der Waals surface area contributed by atoms with E-state index in [4.69, 9.17) is 19.2 Å². The minimum atomic E-state index is -0.631. The fraction of sp³-hybridized carbons (Fsp3) is 0.333. The largest absolute Gasteiger partial charge is 0.496 e. The predicted molar refractivity (Wildman–Crippen MR) is 117 cm³/mol. The lowest BCUT2D eigenvalue weighted by Gasteiger charge is -2.34. The number of rotatable bonds is 4. The van der Waals surface area contributed by atoms with Crippen LogP contribution in [0.1, 0.15) is 23.5 Å². The second-order valence-corrected chi connectivity index (χ2v) is 7.79. The van der Waals surface area contributed by atoms with Gasteiger partial charge in [0.1, 0.15) is 28.2 Å². The van der Waals surface area contributed by atoms with Gasteiger partial charge in [-0.05, 0) is 44.3 Å². The van der Waals surface area contributed by atoms with Crippen molar-refractivity contribution in [2.45, 2.75) is 18.4 Å². The van der Waals surface area contributed by atoms with Gasteiger partial charge >= 0.3 is 0 Å². The zero-order valence-corrected chi connectivity index (χ0v) is 17.7. The van der Waals surface area contributed by atoms with Crippen molar-refractivity contribution in [3.8, 4) is 28.9 Å². The van der Waals surface area contributed by atoms with Gasteiger partial charge in [-0.3, -0.25) is 4.79 Å². The summed E-state index contributed by atoms with van der Waals surface area (Å²) in [6, 6.07) is 12.0. The molecule has 1 aliphatic heterocycles. The van der Waals surface area contributed by atoms with Crippen LogP contribution in [-0.4, -0.2) is 50.5 Å². The van der Waals surface area contributed by atoms with E-state index in [-0.39, 0.29) is 11.3 Å². The van der Waals surface area contributed by atoms with E-state index in [1.807, 2.05) is 7.05 Å². The van der Waals surface area contributed by atoms with Crippen molar-refractivity contribution >= 4 is 11.0 Å². The molecule has 2 heterocycles. The molecule has 31 heavy (non-hydrogen) atoms. The molecular formula is C24H24N2O5. The number of β-amino-alcohol motifs (C(OH)–C–C–N with tert-alkyl or cyclic N) is 1. The third kappa shape index (κ3) is 3.76. The van der Waals surface area contributed by atoms with Crippen LogP contribution in [0.5, 0.6) is 11.5 Å². The first-order chi connectivity index (χ1) is 15.0. The maximum Gasteiger partial charge on any atom is 0.197 e. The van der Waals surface area contributed by atoms with E-state index in [1.165, 1.54) is 13.2 Å². The first-order valence-corrected chi connectivity index (χ1v) is 10.1. The standard InChI is InChI=1S/C24H24N2O5/c1-26-9-8-16(18(28)13-26)22-20(29-2)11-21(30-3)23-17(27)10-19(31-24(22)23)15-6-4-14(12-25)5-7-15/h4-7,10-11,16,18,28H,8-9,13H2,1-3H3/t16-,18+/m0/s1. The predicted octanol–water partition coefficient (Wildman–Crippen LogP) is 3.13. The molecule has 1 aliphatic rings. The maximum absolute atomic E-state index is 13.1. The summed E-state index contributed by atoms with van der Waals surface area (Å²) < 4.78 is 17.4. The highest BCUT2D eigenvalue weighted by molar-refractivity contribution is 5.90. The molecule has 7 nitrogen and oxygen atoms in total. The highest BCUT2D eigenvalue weighted by Crippen LogP contribution is 2.43. The van der Waals surface area contributed by atoms with Crippen LogP contribution in [0.4, 0.5) is 0 Å². The molecule has 2 atom stereocenters. The second-order valence-electron chi connectivity index (χ2n) is 7.79. The van der Waals surface area contributed by atoms with Crippen molar-refractivity contribution in [3.63, 3.8) is 0 Å². The first kappa shape index (κ1) is 20.9. The van der Waals surface area contributed by atoms with Crippen molar-refractivity contribution in [2.75, 3.05) is 34.4 Å². The van der Waals surface area contributed by atoms with Crippen molar-refractivity contribution < 1.29 is 19.0 Å². The second kappa shape index (κ2) is 8.42. The number of hydrogen-bond donors (Lipinski definition) is 1. The van der Waals surface area contributed by atoms with Gasteiger partial charge in [-0.15, -0.1) is 0 Å². The molecule has 2 aromatic carbocycles. The van der Waals surface area contributed by atoms with E-state index in [0.29, 0.717) is 57.9 Å². The Balaban J connectivity index is 1.99. The summed E-state index contributed by atoms with van der Waals surface area (Å²) in [6.07, 6.45) is 0.0633. The average molecular weight is 420 g/mol. The smallest absolute Gasteiger partial charge is 0.197 e. The van der Waals surface area contributed by atoms with Crippen LogP contribution >= 0.6 is 0 Å². The number of hydrogen-bond acceptors (Lipinski definition) is 7. The number of benzene rings is 2. The molecule has 1 aromatic heterocycles. The fourth-order valence-electron chi connectivity index (χ4n) is 4.26. The molecule has 4 rings (SSSR count). The fourth-order valence-corrected chi connectivity index (χ4v) is 4.26. The number of fused-ring (bicyclic) bond motifs is 1. The van der Waals surface area contributed by atoms with Gasteiger partial charge in [0, 0.05) is 35.7 Å². The minimum absolute atomic E-state index is 0.246. The molecule has 1 N–H and O–H groups in total. The summed E-state index contributed by atoms with van der Waals surface area (Å²) in [5.41, 5.74) is 1.98. The number of likely N-dealkylation sites (tertiary alicyclic amines) is 1. The van der Waals surface area contributed by atoms with Gasteiger partial charge < -0.3 is 23.9 Å². The lowest BCUT2D eigenvalue weighted by molar-refractivity contribution is 0.0630. The van der Waals surface area contributed by atoms with E-state index in [9.17, 15) is 9.90 Å². The Morgan fingerprint density at radius 1 is 1.16 bits per heavy atom. The average Bonchev–Trinajstić information content (AvgIpc) is 2.78. The van der Waals surface area contributed by atoms with Gasteiger partial charge in [0.15, 0.2) is 5.43 Å². The third-order valence-electron chi connectivity index (χ3n) is 5.86. The highest BCUT2D eigenvalue weighted by Gasteiger charge is 2.33. The van der Waals surface area contributed by atoms with Crippen LogP contribution < -0.4 is 14.9 Å². The number of aliphatic hydroxyl groups is 1. The van der Waals surface area contributed by atoms with E-state index in [2.05, 4.69) is 11.0 Å². The van der Waals surface area contributed by atoms with Gasteiger partial charge in [-0.1, -0.05) is 0 Å². The third-order valence-corrected chi connectivity index (χ3v) is 5.86. The summed E-state index contributed by atoms with van der Waals surface area (Å²) >= 11 is 0. The van der Waals surface area contributed by atoms with Crippen LogP contribution in [0.2, 0.25) is 0 Å². The number of ether oxygens (including phenoxy) is 2. The lowest BCUT2D eigenvalue weighted by Crippen LogP contribution is -2.40. The summed E-state index contributed by atoms with van der Waals surface area (Å²) in [4.78, 5) is 15.2. The van der Waals surface area contributed by atoms with Crippen molar-refractivity contribution in [1.82, 2.24) is 4.90 Å². The molecule has 3 aromatic rings. The highest BCUT2D eigenvalue weighted by atomic mass is 16.5. The number of aliphatic hydroxyl groups excluding tert-OH is 1. The monoisotopic (exact) mass is 420 g/mol. The Labute approximate surface area is 180 Å². The molecule has 0 spiro atoms. The number of methoxy groups -OCH3 is 2. The van der Waals surface area contributed by atoms with Gasteiger partial charge in [-0.25, -0.2) is 0 Å². The number of nitrogens with zero attached hydrogens (tertiary/aromatic N) is 2. The molecule has 0 radical (unpaired) electrons. The lowest BCUT2D eigenvalue weighted by atomic mass is 9.85. The SMILES string of the molecule is COc1cc(OC)c2c(=O)cc(-c3ccc(C#N)cc3)oc2c1[C@H]1CCN(C)C[C@H]1O. The maximum atomic E-state index is 13.1. The minimum Gasteiger partial charge on any atom is -0.496 e. The molecule has 0 saturated carbocycles. The number of nitriles is 1. The number of piperidine rings is 1. The van der Waals surface area contributed by atoms with Crippen molar-refractivity contribution in [1.29, 1.82) is 5.26 Å². The zero-order chi connectivity index (χ0) is 22.1. The zero-order valence-electron chi connectivity index (χ0n) is 17.7. The van der Waals surface area contributed by atoms with E-state index in [0.717, 1.165) is 6.54 Å². The van der Waals surface area contributed by atoms with Gasteiger partial charge in [0.05, 0.1) is 32.0 Å². The Morgan fingerprint density at radius 3 is 2.48 bits per heavy atom. The van der Waals surface area contributed by atoms with E-state index in [1.54, 1.807) is 37.4 Å².